The molecule has 0 atom stereocenters. The predicted octanol–water partition coefficient (Wildman–Crippen LogP) is 1.94. The number of nitrogens with zero attached hydrogens (tertiary/aromatic N) is 1. The molecule has 5 nitrogen and oxygen atoms in total. The van der Waals surface area contributed by atoms with E-state index in [1.54, 1.807) is 32.5 Å². The lowest BCUT2D eigenvalue weighted by Crippen LogP contribution is -1.89. The van der Waals surface area contributed by atoms with Gasteiger partial charge in [-0.3, -0.25) is 0 Å². The summed E-state index contributed by atoms with van der Waals surface area (Å²) in [5.74, 6) is 1.94. The lowest BCUT2D eigenvalue weighted by Gasteiger charge is -2.07. The molecule has 0 aliphatic carbocycles. The number of nitrogen functional groups attached to an aromatic ring is 1. The van der Waals surface area contributed by atoms with Gasteiger partial charge in [0.2, 0.25) is 0 Å². The van der Waals surface area contributed by atoms with E-state index >= 15 is 0 Å². The number of aromatic nitrogens is 1. The largest absolute Gasteiger partial charge is 0.497 e. The van der Waals surface area contributed by atoms with E-state index in [0.29, 0.717) is 17.3 Å². The molecule has 1 aromatic heterocycles. The highest BCUT2D eigenvalue weighted by Crippen LogP contribution is 2.33. The zero-order valence-electron chi connectivity index (χ0n) is 9.06. The van der Waals surface area contributed by atoms with Crippen molar-refractivity contribution in [1.82, 2.24) is 4.98 Å². The molecule has 0 amide bonds. The maximum Gasteiger partial charge on any atom is 0.292 e. The molecule has 0 radical (unpaired) electrons. The molecule has 0 saturated heterocycles. The van der Waals surface area contributed by atoms with Crippen LogP contribution in [0.1, 0.15) is 0 Å². The first-order valence-corrected chi connectivity index (χ1v) is 4.68. The Hall–Kier alpha value is -2.17. The number of hydrogen-bond donors (Lipinski definition) is 1. The van der Waals surface area contributed by atoms with Crippen molar-refractivity contribution < 1.29 is 13.9 Å². The molecule has 2 N–H and O–H groups in total. The molecule has 0 aliphatic rings. The van der Waals surface area contributed by atoms with E-state index < -0.39 is 0 Å². The third kappa shape index (κ3) is 1.79. The minimum atomic E-state index is 0.125. The molecule has 2 rings (SSSR count). The van der Waals surface area contributed by atoms with Gasteiger partial charge >= 0.3 is 0 Å². The molecule has 2 aromatic rings. The number of nitrogens with two attached hydrogens (primary N) is 1. The number of anilines is 1. The van der Waals surface area contributed by atoms with Gasteiger partial charge in [0.25, 0.3) is 6.01 Å². The van der Waals surface area contributed by atoms with Gasteiger partial charge in [-0.2, -0.15) is 0 Å². The highest BCUT2D eigenvalue weighted by Gasteiger charge is 2.11. The SMILES string of the molecule is COc1ccc(OC)c(-c2cnc(N)o2)c1. The van der Waals surface area contributed by atoms with Crippen molar-refractivity contribution in [3.8, 4) is 22.8 Å². The van der Waals surface area contributed by atoms with Gasteiger partial charge in [-0.1, -0.05) is 0 Å². The van der Waals surface area contributed by atoms with Crippen LogP contribution in [0.3, 0.4) is 0 Å². The molecule has 0 fully saturated rings. The molecule has 0 spiro atoms. The molecule has 84 valence electrons. The molecule has 0 unspecified atom stereocenters. The Kier molecular flexibility index (Phi) is 2.68. The molecule has 16 heavy (non-hydrogen) atoms. The Bertz CT molecular complexity index is 494. The quantitative estimate of drug-likeness (QED) is 0.855. The Labute approximate surface area is 92.8 Å². The van der Waals surface area contributed by atoms with Crippen molar-refractivity contribution in [2.75, 3.05) is 20.0 Å². The van der Waals surface area contributed by atoms with Gasteiger partial charge in [-0.15, -0.1) is 0 Å². The first kappa shape index (κ1) is 10.4. The lowest BCUT2D eigenvalue weighted by molar-refractivity contribution is 0.403. The van der Waals surface area contributed by atoms with Gasteiger partial charge in [0.1, 0.15) is 11.5 Å². The number of methoxy groups -OCH3 is 2. The number of ether oxygens (including phenoxy) is 2. The summed E-state index contributed by atoms with van der Waals surface area (Å²) >= 11 is 0. The van der Waals surface area contributed by atoms with Crippen LogP contribution in [-0.2, 0) is 0 Å². The molecular weight excluding hydrogens is 208 g/mol. The van der Waals surface area contributed by atoms with Crippen LogP contribution in [0.15, 0.2) is 28.8 Å². The van der Waals surface area contributed by atoms with E-state index in [0.717, 1.165) is 5.56 Å². The van der Waals surface area contributed by atoms with Crippen molar-refractivity contribution in [1.29, 1.82) is 0 Å². The third-order valence-corrected chi connectivity index (χ3v) is 2.20. The fourth-order valence-corrected chi connectivity index (χ4v) is 1.42. The molecule has 0 saturated carbocycles. The van der Waals surface area contributed by atoms with Gasteiger partial charge in [0.05, 0.1) is 26.0 Å². The third-order valence-electron chi connectivity index (χ3n) is 2.20. The average Bonchev–Trinajstić information content (AvgIpc) is 2.75. The van der Waals surface area contributed by atoms with E-state index in [2.05, 4.69) is 4.98 Å². The van der Waals surface area contributed by atoms with Crippen LogP contribution < -0.4 is 15.2 Å². The fourth-order valence-electron chi connectivity index (χ4n) is 1.42. The van der Waals surface area contributed by atoms with Crippen molar-refractivity contribution in [2.45, 2.75) is 0 Å². The van der Waals surface area contributed by atoms with Crippen LogP contribution in [0.4, 0.5) is 6.01 Å². The van der Waals surface area contributed by atoms with Crippen LogP contribution in [0, 0.1) is 0 Å². The summed E-state index contributed by atoms with van der Waals surface area (Å²) in [6.07, 6.45) is 1.55. The van der Waals surface area contributed by atoms with Crippen molar-refractivity contribution in [3.05, 3.63) is 24.4 Å². The summed E-state index contributed by atoms with van der Waals surface area (Å²) in [5, 5.41) is 0. The van der Waals surface area contributed by atoms with E-state index in [1.807, 2.05) is 6.07 Å². The summed E-state index contributed by atoms with van der Waals surface area (Å²) in [4.78, 5) is 3.84. The summed E-state index contributed by atoms with van der Waals surface area (Å²) in [6.45, 7) is 0. The normalized spacial score (nSPS) is 10.1. The summed E-state index contributed by atoms with van der Waals surface area (Å²) in [7, 11) is 3.19. The topological polar surface area (TPSA) is 70.5 Å². The zero-order valence-corrected chi connectivity index (χ0v) is 9.06. The second-order valence-electron chi connectivity index (χ2n) is 3.13. The first-order chi connectivity index (χ1) is 7.74. The summed E-state index contributed by atoms with van der Waals surface area (Å²) in [6, 6.07) is 5.54. The van der Waals surface area contributed by atoms with Crippen LogP contribution in [-0.4, -0.2) is 19.2 Å². The number of benzene rings is 1. The van der Waals surface area contributed by atoms with Crippen LogP contribution in [0.5, 0.6) is 11.5 Å². The second-order valence-corrected chi connectivity index (χ2v) is 3.13. The standard InChI is InChI=1S/C11H12N2O3/c1-14-7-3-4-9(15-2)8(5-7)10-6-13-11(12)16-10/h3-6H,1-2H3,(H2,12,13). The molecule has 5 heteroatoms. The maximum atomic E-state index is 5.43. The summed E-state index contributed by atoms with van der Waals surface area (Å²) in [5.41, 5.74) is 6.18. The fraction of sp³-hybridized carbons (Fsp3) is 0.182. The predicted molar refractivity (Wildman–Crippen MR) is 59.5 cm³/mol. The molecule has 1 aromatic carbocycles. The highest BCUT2D eigenvalue weighted by molar-refractivity contribution is 5.67. The average molecular weight is 220 g/mol. The monoisotopic (exact) mass is 220 g/mol. The van der Waals surface area contributed by atoms with Gasteiger partial charge < -0.3 is 19.6 Å². The van der Waals surface area contributed by atoms with E-state index in [-0.39, 0.29) is 6.01 Å². The van der Waals surface area contributed by atoms with Crippen LogP contribution >= 0.6 is 0 Å². The first-order valence-electron chi connectivity index (χ1n) is 4.68. The van der Waals surface area contributed by atoms with Gasteiger partial charge in [0, 0.05) is 0 Å². The summed E-state index contributed by atoms with van der Waals surface area (Å²) < 4.78 is 15.6. The van der Waals surface area contributed by atoms with Gasteiger partial charge in [0.15, 0.2) is 5.76 Å². The Morgan fingerprint density at radius 3 is 2.62 bits per heavy atom. The van der Waals surface area contributed by atoms with E-state index in [1.165, 1.54) is 0 Å². The minimum absolute atomic E-state index is 0.125. The molecule has 0 bridgehead atoms. The number of oxazole rings is 1. The van der Waals surface area contributed by atoms with E-state index in [9.17, 15) is 0 Å². The van der Waals surface area contributed by atoms with Gasteiger partial charge in [-0.25, -0.2) is 4.98 Å². The highest BCUT2D eigenvalue weighted by atomic mass is 16.5. The number of hydrogen-bond acceptors (Lipinski definition) is 5. The Balaban J connectivity index is 2.52. The van der Waals surface area contributed by atoms with Crippen molar-refractivity contribution >= 4 is 6.01 Å². The molecule has 1 heterocycles. The Morgan fingerprint density at radius 1 is 1.25 bits per heavy atom. The number of rotatable bonds is 3. The van der Waals surface area contributed by atoms with E-state index in [4.69, 9.17) is 19.6 Å². The maximum absolute atomic E-state index is 5.43. The zero-order chi connectivity index (χ0) is 11.5. The lowest BCUT2D eigenvalue weighted by atomic mass is 10.1. The van der Waals surface area contributed by atoms with Crippen molar-refractivity contribution in [3.63, 3.8) is 0 Å². The minimum Gasteiger partial charge on any atom is -0.497 e. The molecular formula is C11H12N2O3. The smallest absolute Gasteiger partial charge is 0.292 e. The van der Waals surface area contributed by atoms with Crippen LogP contribution in [0.2, 0.25) is 0 Å². The van der Waals surface area contributed by atoms with Crippen molar-refractivity contribution in [2.24, 2.45) is 0 Å². The Morgan fingerprint density at radius 2 is 2.06 bits per heavy atom. The second kappa shape index (κ2) is 4.14. The van der Waals surface area contributed by atoms with Crippen LogP contribution in [0.25, 0.3) is 11.3 Å². The van der Waals surface area contributed by atoms with Gasteiger partial charge in [-0.05, 0) is 18.2 Å². The molecule has 0 aliphatic heterocycles.